The number of nitrogens with one attached hydrogen (secondary N) is 1. The number of carboxylic acid groups (broad SMARTS) is 1. The third-order valence-electron chi connectivity index (χ3n) is 20.8. The summed E-state index contributed by atoms with van der Waals surface area (Å²) in [4.78, 5) is 46.8. The van der Waals surface area contributed by atoms with Crippen molar-refractivity contribution in [1.29, 1.82) is 0 Å². The van der Waals surface area contributed by atoms with Crippen molar-refractivity contribution >= 4 is 29.4 Å². The fourth-order valence-corrected chi connectivity index (χ4v) is 18.4. The highest BCUT2D eigenvalue weighted by Gasteiger charge is 2.73. The number of carboxylic acids is 1. The number of fused-ring (bicyclic) bond motifs is 7. The highest BCUT2D eigenvalue weighted by atomic mass is 32.2. The largest absolute Gasteiger partial charge is 0.481 e. The molecule has 0 aromatic carbocycles. The van der Waals surface area contributed by atoms with Crippen molar-refractivity contribution in [3.05, 3.63) is 0 Å². The molecular weight excluding hydrogens is 816 g/mol. The fraction of sp³-hybridized carbons (Fsp3) is 0.957. The zero-order valence-corrected chi connectivity index (χ0v) is 40.4. The summed E-state index contributed by atoms with van der Waals surface area (Å²) in [6.07, 6.45) is 12.3. The summed E-state index contributed by atoms with van der Waals surface area (Å²) < 4.78 is 49.2. The smallest absolute Gasteiger partial charge is 0.350 e. The van der Waals surface area contributed by atoms with Crippen LogP contribution in [0.3, 0.4) is 0 Å². The van der Waals surface area contributed by atoms with E-state index in [1.807, 2.05) is 20.8 Å². The molecule has 61 heavy (non-hydrogen) atoms. The quantitative estimate of drug-likeness (QED) is 0.106. The monoisotopic (exact) mass is 895 g/mol. The molecule has 0 aromatic heterocycles. The van der Waals surface area contributed by atoms with E-state index >= 15 is 0 Å². The Morgan fingerprint density at radius 3 is 2.10 bits per heavy atom. The van der Waals surface area contributed by atoms with Crippen LogP contribution in [-0.2, 0) is 33.5 Å². The third kappa shape index (κ3) is 7.75. The van der Waals surface area contributed by atoms with E-state index in [-0.39, 0.29) is 80.5 Å². The molecule has 14 atom stereocenters. The fourth-order valence-electron chi connectivity index (χ4n) is 16.7. The van der Waals surface area contributed by atoms with Crippen molar-refractivity contribution in [2.45, 2.75) is 170 Å². The standard InChI is InChI=1S/C47H79N2O10PS/c1-29(58-28-60(53,54)55)33(49-22-24-61(56,57)25-23-49)27-48-47-17-12-30(43(6)18-19-43)38(47)31-10-11-35-44(7)15-14-36(59-40(52)39-32(26-37(50)51)41(39,2)3)42(4,5)34(44)13-16-46(35,9)45(31,8)20-21-47/h29-36,38-39,48H,10-28H2,1-9H3,(H,50,51)(H2,53,54,55)/t29?,30-,31-,32-,33?,34+,35-,36+,38-,39-,44+,45-,46-,47+/m1/s1. The molecule has 1 saturated heterocycles. The van der Waals surface area contributed by atoms with Crippen LogP contribution in [0, 0.1) is 73.9 Å². The Hall–Kier alpha value is -1.08. The minimum atomic E-state index is -4.38. The van der Waals surface area contributed by atoms with Crippen molar-refractivity contribution in [2.75, 3.05) is 37.5 Å². The van der Waals surface area contributed by atoms with Crippen LogP contribution in [0.5, 0.6) is 0 Å². The van der Waals surface area contributed by atoms with Gasteiger partial charge in [-0.15, -0.1) is 0 Å². The maximum atomic E-state index is 13.7. The highest BCUT2D eigenvalue weighted by molar-refractivity contribution is 7.91. The molecule has 4 N–H and O–H groups in total. The van der Waals surface area contributed by atoms with Crippen molar-refractivity contribution in [1.82, 2.24) is 10.2 Å². The SMILES string of the molecule is CC(OCP(=O)(O)O)C(CN[C@]12CC[C@@H](C3(C)CC3)[C@@H]1[C@H]1CC[C@@H]3[C@@]4(C)CC[C@H](OC(=O)[C@H]5[C@@H](CC(=O)O)C5(C)C)C(C)(C)[C@@H]4CC[C@@]3(C)[C@]1(C)CC2)N1CCS(=O)(=O)CC1. The van der Waals surface area contributed by atoms with Gasteiger partial charge in [0.1, 0.15) is 12.5 Å². The number of rotatable bonds is 13. The summed E-state index contributed by atoms with van der Waals surface area (Å²) in [5.74, 6) is 1.24. The van der Waals surface area contributed by atoms with Gasteiger partial charge in [0.2, 0.25) is 0 Å². The minimum absolute atomic E-state index is 0.00291. The number of carbonyl (C=O) groups excluding carboxylic acids is 1. The Balaban J connectivity index is 1.03. The normalized spacial score (nSPS) is 45.2. The molecule has 14 heteroatoms. The van der Waals surface area contributed by atoms with Gasteiger partial charge in [-0.05, 0) is 147 Å². The summed E-state index contributed by atoms with van der Waals surface area (Å²) in [6.45, 7) is 22.3. The molecule has 0 spiro atoms. The third-order valence-corrected chi connectivity index (χ3v) is 22.9. The maximum Gasteiger partial charge on any atom is 0.350 e. The lowest BCUT2D eigenvalue weighted by Gasteiger charge is -2.73. The van der Waals surface area contributed by atoms with Gasteiger partial charge in [0, 0.05) is 43.1 Å². The zero-order chi connectivity index (χ0) is 44.6. The molecule has 7 saturated carbocycles. The molecule has 8 fully saturated rings. The van der Waals surface area contributed by atoms with Crippen LogP contribution in [-0.4, -0.2) is 101 Å². The summed E-state index contributed by atoms with van der Waals surface area (Å²) in [5.41, 5.74) is 0.160. The first-order valence-corrected chi connectivity index (χ1v) is 27.5. The van der Waals surface area contributed by atoms with E-state index in [1.165, 1.54) is 32.1 Å². The van der Waals surface area contributed by atoms with Crippen LogP contribution in [0.25, 0.3) is 0 Å². The molecule has 0 bridgehead atoms. The Labute approximate surface area is 366 Å². The molecule has 0 radical (unpaired) electrons. The molecule has 2 unspecified atom stereocenters. The molecule has 8 aliphatic rings. The molecule has 7 aliphatic carbocycles. The lowest BCUT2D eigenvalue weighted by atomic mass is 9.32. The van der Waals surface area contributed by atoms with Gasteiger partial charge in [-0.25, -0.2) is 8.42 Å². The first-order valence-electron chi connectivity index (χ1n) is 23.9. The number of sulfone groups is 1. The van der Waals surface area contributed by atoms with Crippen LogP contribution in [0.1, 0.15) is 146 Å². The van der Waals surface area contributed by atoms with Crippen LogP contribution >= 0.6 is 7.60 Å². The zero-order valence-electron chi connectivity index (χ0n) is 38.7. The van der Waals surface area contributed by atoms with Gasteiger partial charge >= 0.3 is 19.5 Å². The van der Waals surface area contributed by atoms with E-state index < -0.39 is 35.9 Å². The molecular formula is C47H79N2O10PS. The topological polar surface area (TPSA) is 180 Å². The van der Waals surface area contributed by atoms with Crippen LogP contribution < -0.4 is 5.32 Å². The van der Waals surface area contributed by atoms with Gasteiger partial charge in [0.05, 0.1) is 23.5 Å². The number of hydrogen-bond acceptors (Lipinski definition) is 9. The van der Waals surface area contributed by atoms with Crippen LogP contribution in [0.2, 0.25) is 0 Å². The Kier molecular flexibility index (Phi) is 11.6. The summed E-state index contributed by atoms with van der Waals surface area (Å²) >= 11 is 0. The summed E-state index contributed by atoms with van der Waals surface area (Å²) in [6, 6.07) is -0.218. The number of hydrogen-bond donors (Lipinski definition) is 4. The number of carbonyl (C=O) groups is 2. The Bertz CT molecular complexity index is 1890. The van der Waals surface area contributed by atoms with Crippen LogP contribution in [0.4, 0.5) is 0 Å². The van der Waals surface area contributed by atoms with E-state index in [2.05, 4.69) is 51.8 Å². The number of aliphatic carboxylic acids is 1. The van der Waals surface area contributed by atoms with Crippen molar-refractivity contribution in [3.63, 3.8) is 0 Å². The van der Waals surface area contributed by atoms with Gasteiger partial charge in [0.25, 0.3) is 0 Å². The second-order valence-corrected chi connectivity index (χ2v) is 28.1. The highest BCUT2D eigenvalue weighted by Crippen LogP contribution is 2.78. The summed E-state index contributed by atoms with van der Waals surface area (Å²) in [7, 11) is -7.50. The molecule has 1 heterocycles. The summed E-state index contributed by atoms with van der Waals surface area (Å²) in [5, 5.41) is 13.7. The van der Waals surface area contributed by atoms with Crippen molar-refractivity contribution < 1.29 is 46.9 Å². The predicted octanol–water partition coefficient (Wildman–Crippen LogP) is 7.51. The first kappa shape index (κ1) is 46.4. The lowest BCUT2D eigenvalue weighted by Crippen LogP contribution is -2.69. The van der Waals surface area contributed by atoms with Gasteiger partial charge in [0.15, 0.2) is 9.84 Å². The van der Waals surface area contributed by atoms with Crippen molar-refractivity contribution in [3.8, 4) is 0 Å². The van der Waals surface area contributed by atoms with Crippen molar-refractivity contribution in [2.24, 2.45) is 73.9 Å². The molecule has 12 nitrogen and oxygen atoms in total. The van der Waals surface area contributed by atoms with Gasteiger partial charge in [-0.3, -0.25) is 19.1 Å². The minimum Gasteiger partial charge on any atom is -0.481 e. The van der Waals surface area contributed by atoms with Gasteiger partial charge < -0.3 is 29.7 Å². The van der Waals surface area contributed by atoms with E-state index in [9.17, 15) is 37.5 Å². The Morgan fingerprint density at radius 2 is 1.48 bits per heavy atom. The molecule has 0 amide bonds. The van der Waals surface area contributed by atoms with Crippen LogP contribution in [0.15, 0.2) is 0 Å². The first-order chi connectivity index (χ1) is 28.1. The molecule has 1 aliphatic heterocycles. The van der Waals surface area contributed by atoms with E-state index in [0.29, 0.717) is 54.6 Å². The molecule has 8 rings (SSSR count). The van der Waals surface area contributed by atoms with E-state index in [4.69, 9.17) is 9.47 Å². The maximum absolute atomic E-state index is 13.7. The predicted molar refractivity (Wildman–Crippen MR) is 234 cm³/mol. The lowest BCUT2D eigenvalue weighted by molar-refractivity contribution is -0.248. The second-order valence-electron chi connectivity index (χ2n) is 24.2. The average molecular weight is 895 g/mol. The Morgan fingerprint density at radius 1 is 0.803 bits per heavy atom. The van der Waals surface area contributed by atoms with Gasteiger partial charge in [-0.2, -0.15) is 0 Å². The molecule has 348 valence electrons. The average Bonchev–Trinajstić information content (AvgIpc) is 3.96. The number of esters is 1. The van der Waals surface area contributed by atoms with E-state index in [0.717, 1.165) is 44.9 Å². The van der Waals surface area contributed by atoms with Gasteiger partial charge in [-0.1, -0.05) is 55.4 Å². The van der Waals surface area contributed by atoms with E-state index in [1.54, 1.807) is 0 Å². The second kappa shape index (κ2) is 15.2. The molecule has 0 aromatic rings. The number of nitrogens with zero attached hydrogens (tertiary/aromatic N) is 1. The number of ether oxygens (including phenoxy) is 2.